The summed E-state index contributed by atoms with van der Waals surface area (Å²) in [5, 5.41) is 10.9. The summed E-state index contributed by atoms with van der Waals surface area (Å²) >= 11 is 0. The molecule has 29 heavy (non-hydrogen) atoms. The van der Waals surface area contributed by atoms with Crippen molar-refractivity contribution in [1.82, 2.24) is 4.57 Å². The van der Waals surface area contributed by atoms with Crippen LogP contribution < -0.4 is 9.46 Å². The van der Waals surface area contributed by atoms with Gasteiger partial charge >= 0.3 is 0 Å². The van der Waals surface area contributed by atoms with E-state index >= 15 is 0 Å². The molecule has 1 heterocycles. The summed E-state index contributed by atoms with van der Waals surface area (Å²) in [4.78, 5) is 0. The maximum absolute atomic E-state index is 11.5. The third-order valence-electron chi connectivity index (χ3n) is 5.30. The SMILES string of the molecule is CCOc1ccc2c(C#N)c(-c3ccc(NS(C)(=O)=O)cc3)n(C3CCC3)c2c1. The van der Waals surface area contributed by atoms with E-state index < -0.39 is 10.0 Å². The molecule has 0 spiro atoms. The second-order valence-corrected chi connectivity index (χ2v) is 9.10. The molecule has 1 aromatic heterocycles. The molecule has 1 fully saturated rings. The van der Waals surface area contributed by atoms with E-state index in [2.05, 4.69) is 15.4 Å². The number of hydrogen-bond acceptors (Lipinski definition) is 4. The highest BCUT2D eigenvalue weighted by Crippen LogP contribution is 2.43. The summed E-state index contributed by atoms with van der Waals surface area (Å²) in [5.74, 6) is 0.793. The minimum Gasteiger partial charge on any atom is -0.494 e. The first-order valence-corrected chi connectivity index (χ1v) is 11.6. The molecular formula is C22H23N3O3S. The molecule has 7 heteroatoms. The zero-order valence-corrected chi connectivity index (χ0v) is 17.3. The topological polar surface area (TPSA) is 84.1 Å². The maximum atomic E-state index is 11.5. The quantitative estimate of drug-likeness (QED) is 0.641. The van der Waals surface area contributed by atoms with Crippen molar-refractivity contribution in [2.75, 3.05) is 17.6 Å². The minimum atomic E-state index is -3.34. The van der Waals surface area contributed by atoms with Gasteiger partial charge in [-0.1, -0.05) is 12.1 Å². The van der Waals surface area contributed by atoms with Crippen LogP contribution in [0.15, 0.2) is 42.5 Å². The van der Waals surface area contributed by atoms with E-state index in [1.165, 1.54) is 6.42 Å². The first-order valence-electron chi connectivity index (χ1n) is 9.70. The Bertz CT molecular complexity index is 1200. The summed E-state index contributed by atoms with van der Waals surface area (Å²) in [6.07, 6.45) is 4.45. The van der Waals surface area contributed by atoms with Gasteiger partial charge in [0.1, 0.15) is 11.8 Å². The first kappa shape index (κ1) is 19.3. The molecule has 1 aliphatic carbocycles. The average Bonchev–Trinajstić information content (AvgIpc) is 2.94. The summed E-state index contributed by atoms with van der Waals surface area (Å²) in [5.41, 5.74) is 3.91. The number of nitrogens with zero attached hydrogens (tertiary/aromatic N) is 2. The molecule has 6 nitrogen and oxygen atoms in total. The van der Waals surface area contributed by atoms with Gasteiger partial charge < -0.3 is 9.30 Å². The fourth-order valence-corrected chi connectivity index (χ4v) is 4.44. The second-order valence-electron chi connectivity index (χ2n) is 7.35. The molecule has 0 atom stereocenters. The highest BCUT2D eigenvalue weighted by molar-refractivity contribution is 7.92. The zero-order chi connectivity index (χ0) is 20.6. The van der Waals surface area contributed by atoms with Crippen LogP contribution in [0.4, 0.5) is 5.69 Å². The zero-order valence-electron chi connectivity index (χ0n) is 16.5. The predicted molar refractivity (Wildman–Crippen MR) is 115 cm³/mol. The molecule has 1 saturated carbocycles. The van der Waals surface area contributed by atoms with Crippen molar-refractivity contribution in [2.24, 2.45) is 0 Å². The first-order chi connectivity index (χ1) is 13.9. The third kappa shape index (κ3) is 3.68. The Balaban J connectivity index is 1.89. The number of nitriles is 1. The van der Waals surface area contributed by atoms with Crippen molar-refractivity contribution in [2.45, 2.75) is 32.2 Å². The van der Waals surface area contributed by atoms with E-state index in [-0.39, 0.29) is 0 Å². The summed E-state index contributed by atoms with van der Waals surface area (Å²) < 4.78 is 33.4. The molecule has 0 amide bonds. The lowest BCUT2D eigenvalue weighted by atomic mass is 9.92. The van der Waals surface area contributed by atoms with Gasteiger partial charge in [0.2, 0.25) is 10.0 Å². The van der Waals surface area contributed by atoms with Gasteiger partial charge in [0.05, 0.1) is 29.6 Å². The van der Waals surface area contributed by atoms with Gasteiger partial charge in [-0.25, -0.2) is 8.42 Å². The Morgan fingerprint density at radius 1 is 1.21 bits per heavy atom. The molecule has 4 rings (SSSR count). The fraction of sp³-hybridized carbons (Fsp3) is 0.318. The van der Waals surface area contributed by atoms with Crippen LogP contribution in [-0.4, -0.2) is 25.8 Å². The van der Waals surface area contributed by atoms with Crippen molar-refractivity contribution < 1.29 is 13.2 Å². The molecule has 150 valence electrons. The van der Waals surface area contributed by atoms with Gasteiger partial charge in [-0.2, -0.15) is 5.26 Å². The molecule has 0 saturated heterocycles. The van der Waals surface area contributed by atoms with E-state index in [0.717, 1.165) is 47.0 Å². The van der Waals surface area contributed by atoms with E-state index in [0.29, 0.717) is 23.9 Å². The molecule has 0 aliphatic heterocycles. The molecule has 3 aromatic rings. The van der Waals surface area contributed by atoms with Crippen LogP contribution in [0, 0.1) is 11.3 Å². The third-order valence-corrected chi connectivity index (χ3v) is 5.91. The van der Waals surface area contributed by atoms with Gasteiger partial charge in [-0.15, -0.1) is 0 Å². The number of fused-ring (bicyclic) bond motifs is 1. The maximum Gasteiger partial charge on any atom is 0.229 e. The van der Waals surface area contributed by atoms with Crippen LogP contribution in [-0.2, 0) is 10.0 Å². The Morgan fingerprint density at radius 3 is 2.48 bits per heavy atom. The van der Waals surface area contributed by atoms with Crippen LogP contribution in [0.25, 0.3) is 22.2 Å². The Labute approximate surface area is 170 Å². The van der Waals surface area contributed by atoms with E-state index in [9.17, 15) is 13.7 Å². The number of hydrogen-bond donors (Lipinski definition) is 1. The number of nitrogens with one attached hydrogen (secondary N) is 1. The number of rotatable bonds is 6. The van der Waals surface area contributed by atoms with E-state index in [1.54, 1.807) is 12.1 Å². The summed E-state index contributed by atoms with van der Waals surface area (Å²) in [6, 6.07) is 15.8. The lowest BCUT2D eigenvalue weighted by Gasteiger charge is -2.30. The van der Waals surface area contributed by atoms with Crippen LogP contribution in [0.3, 0.4) is 0 Å². The molecule has 0 radical (unpaired) electrons. The second kappa shape index (κ2) is 7.45. The van der Waals surface area contributed by atoms with E-state index in [1.807, 2.05) is 37.3 Å². The molecule has 0 bridgehead atoms. The van der Waals surface area contributed by atoms with Gasteiger partial charge in [-0.3, -0.25) is 4.72 Å². The van der Waals surface area contributed by atoms with Crippen LogP contribution in [0.1, 0.15) is 37.8 Å². The van der Waals surface area contributed by atoms with Crippen molar-refractivity contribution >= 4 is 26.6 Å². The van der Waals surface area contributed by atoms with Crippen molar-refractivity contribution in [3.05, 3.63) is 48.0 Å². The Hall–Kier alpha value is -2.98. The lowest BCUT2D eigenvalue weighted by molar-refractivity contribution is 0.322. The summed E-state index contributed by atoms with van der Waals surface area (Å²) in [7, 11) is -3.34. The number of benzene rings is 2. The minimum absolute atomic E-state index is 0.347. The van der Waals surface area contributed by atoms with Gasteiger partial charge in [0.25, 0.3) is 0 Å². The smallest absolute Gasteiger partial charge is 0.229 e. The van der Waals surface area contributed by atoms with Gasteiger partial charge in [-0.05, 0) is 56.0 Å². The van der Waals surface area contributed by atoms with Crippen LogP contribution in [0.2, 0.25) is 0 Å². The van der Waals surface area contributed by atoms with Crippen molar-refractivity contribution in [3.8, 4) is 23.1 Å². The van der Waals surface area contributed by atoms with Crippen molar-refractivity contribution in [3.63, 3.8) is 0 Å². The average molecular weight is 410 g/mol. The Kier molecular flexibility index (Phi) is 4.97. The lowest BCUT2D eigenvalue weighted by Crippen LogP contribution is -2.17. The summed E-state index contributed by atoms with van der Waals surface area (Å²) in [6.45, 7) is 2.54. The standard InChI is InChI=1S/C22H23N3O3S/c1-3-28-18-11-12-19-20(14-23)22(25(21(19)13-18)17-5-4-6-17)15-7-9-16(10-8-15)24-29(2,26)27/h7-13,17,24H,3-6H2,1-2H3. The Morgan fingerprint density at radius 2 is 1.93 bits per heavy atom. The molecule has 1 aliphatic rings. The highest BCUT2D eigenvalue weighted by Gasteiger charge is 2.28. The highest BCUT2D eigenvalue weighted by atomic mass is 32.2. The fourth-order valence-electron chi connectivity index (χ4n) is 3.88. The normalized spacial score (nSPS) is 14.4. The number of anilines is 1. The van der Waals surface area contributed by atoms with Crippen molar-refractivity contribution in [1.29, 1.82) is 5.26 Å². The predicted octanol–water partition coefficient (Wildman–Crippen LogP) is 4.68. The number of sulfonamides is 1. The number of aromatic nitrogens is 1. The molecule has 0 unspecified atom stereocenters. The molecular weight excluding hydrogens is 386 g/mol. The number of ether oxygens (including phenoxy) is 1. The van der Waals surface area contributed by atoms with Gasteiger partial charge in [0, 0.05) is 23.2 Å². The van der Waals surface area contributed by atoms with Gasteiger partial charge in [0.15, 0.2) is 0 Å². The van der Waals surface area contributed by atoms with Crippen LogP contribution >= 0.6 is 0 Å². The monoisotopic (exact) mass is 409 g/mol. The largest absolute Gasteiger partial charge is 0.494 e. The van der Waals surface area contributed by atoms with Crippen LogP contribution in [0.5, 0.6) is 5.75 Å². The molecule has 2 aromatic carbocycles. The van der Waals surface area contributed by atoms with E-state index in [4.69, 9.17) is 4.74 Å². The molecule has 1 N–H and O–H groups in total.